The van der Waals surface area contributed by atoms with Crippen LogP contribution in [0.2, 0.25) is 0 Å². The number of halogens is 4. The van der Waals surface area contributed by atoms with Crippen LogP contribution in [0.15, 0.2) is 70.1 Å². The molecule has 0 saturated carbocycles. The first-order valence-corrected chi connectivity index (χ1v) is 14.0. The van der Waals surface area contributed by atoms with Crippen LogP contribution in [0.5, 0.6) is 5.75 Å². The predicted octanol–water partition coefficient (Wildman–Crippen LogP) is 6.95. The highest BCUT2D eigenvalue weighted by atomic mass is 32.2. The Bertz CT molecular complexity index is 1730. The number of carbonyl (C=O) groups is 2. The van der Waals surface area contributed by atoms with Gasteiger partial charge in [0.15, 0.2) is 5.17 Å². The van der Waals surface area contributed by atoms with E-state index in [4.69, 9.17) is 9.15 Å². The molecule has 228 valence electrons. The summed E-state index contributed by atoms with van der Waals surface area (Å²) in [5.74, 6) is -1.50. The summed E-state index contributed by atoms with van der Waals surface area (Å²) in [6.07, 6.45) is -4.83. The Morgan fingerprint density at radius 3 is 2.45 bits per heavy atom. The second-order valence-corrected chi connectivity index (χ2v) is 10.2. The largest absolute Gasteiger partial charge is 0.573 e. The Morgan fingerprint density at radius 2 is 1.77 bits per heavy atom. The highest BCUT2D eigenvalue weighted by Gasteiger charge is 2.33. The summed E-state index contributed by atoms with van der Waals surface area (Å²) >= 11 is 1.08. The van der Waals surface area contributed by atoms with Crippen LogP contribution in [0.25, 0.3) is 22.9 Å². The number of ether oxygens (including phenoxy) is 2. The second-order valence-electron chi connectivity index (χ2n) is 9.29. The van der Waals surface area contributed by atoms with Gasteiger partial charge in [-0.3, -0.25) is 9.69 Å². The third kappa shape index (κ3) is 7.23. The number of nitrogens with zero attached hydrogens (tertiary/aromatic N) is 4. The third-order valence-corrected chi connectivity index (χ3v) is 7.05. The summed E-state index contributed by atoms with van der Waals surface area (Å²) in [6, 6.07) is 13.2. The number of carbonyl (C=O) groups excluding carboxylic acids is 2. The number of alkyl halides is 3. The van der Waals surface area contributed by atoms with Crippen LogP contribution in [0.4, 0.5) is 33.7 Å². The molecule has 1 aliphatic heterocycles. The second kappa shape index (κ2) is 12.9. The number of thioether (sulfide) groups is 1. The number of hydrogen-bond acceptors (Lipinski definition) is 8. The Kier molecular flexibility index (Phi) is 8.96. The lowest BCUT2D eigenvalue weighted by Crippen LogP contribution is -2.31. The monoisotopic (exact) mass is 629 g/mol. The lowest BCUT2D eigenvalue weighted by molar-refractivity contribution is -0.274. The number of aryl methyl sites for hydroxylation is 1. The minimum Gasteiger partial charge on any atom is -0.416 e. The maximum atomic E-state index is 15.0. The van der Waals surface area contributed by atoms with Crippen molar-refractivity contribution in [3.8, 4) is 28.7 Å². The molecule has 44 heavy (non-hydrogen) atoms. The van der Waals surface area contributed by atoms with Gasteiger partial charge in [-0.05, 0) is 67.9 Å². The first kappa shape index (κ1) is 30.7. The molecule has 0 spiro atoms. The number of aromatic nitrogens is 2. The van der Waals surface area contributed by atoms with E-state index in [0.717, 1.165) is 41.1 Å². The number of rotatable bonds is 8. The molecule has 1 saturated heterocycles. The summed E-state index contributed by atoms with van der Waals surface area (Å²) in [5.41, 5.74) is 2.52. The van der Waals surface area contributed by atoms with Crippen molar-refractivity contribution in [2.75, 3.05) is 22.6 Å². The van der Waals surface area contributed by atoms with Crippen LogP contribution in [0.1, 0.15) is 18.1 Å². The molecule has 0 unspecified atom stereocenters. The summed E-state index contributed by atoms with van der Waals surface area (Å²) < 4.78 is 67.1. The third-order valence-electron chi connectivity index (χ3n) is 6.12. The van der Waals surface area contributed by atoms with E-state index in [2.05, 4.69) is 25.2 Å². The molecule has 3 amide bonds. The van der Waals surface area contributed by atoms with Gasteiger partial charge >= 0.3 is 12.4 Å². The summed E-state index contributed by atoms with van der Waals surface area (Å²) in [4.78, 5) is 30.9. The smallest absolute Gasteiger partial charge is 0.416 e. The number of aliphatic imine (C=N–C) groups is 1. The van der Waals surface area contributed by atoms with Gasteiger partial charge in [-0.25, -0.2) is 9.18 Å². The first-order chi connectivity index (χ1) is 21.0. The summed E-state index contributed by atoms with van der Waals surface area (Å²) in [5, 5.41) is 10.2. The zero-order valence-electron chi connectivity index (χ0n) is 23.1. The van der Waals surface area contributed by atoms with Crippen LogP contribution >= 0.6 is 11.8 Å². The molecule has 4 aromatic rings. The van der Waals surface area contributed by atoms with Crippen molar-refractivity contribution >= 4 is 40.2 Å². The molecule has 0 bridgehead atoms. The Balaban J connectivity index is 1.30. The fraction of sp³-hybridized carbons (Fsp3) is 0.207. The Morgan fingerprint density at radius 1 is 1.07 bits per heavy atom. The molecule has 0 atom stereocenters. The normalized spacial score (nSPS) is 14.4. The van der Waals surface area contributed by atoms with Gasteiger partial charge in [0.05, 0.1) is 23.7 Å². The van der Waals surface area contributed by atoms with Crippen molar-refractivity contribution in [3.63, 3.8) is 0 Å². The van der Waals surface area contributed by atoms with E-state index in [1.54, 1.807) is 0 Å². The van der Waals surface area contributed by atoms with Crippen molar-refractivity contribution in [1.29, 1.82) is 0 Å². The molecule has 1 N–H and O–H groups in total. The van der Waals surface area contributed by atoms with Gasteiger partial charge in [0.2, 0.25) is 17.7 Å². The van der Waals surface area contributed by atoms with E-state index in [1.807, 2.05) is 32.0 Å². The standard InChI is InChI=1S/C29H23F4N5O5S/c1-3-41-14-19-5-4-16(2)12-23(19)38-24(39)15-44-28(38)35-27(40)34-22-11-8-18(13-21(22)30)26-37-36-25(42-26)17-6-9-20(10-7-17)43-29(31,32)33/h4-13H,3,14-15H2,1-2H3,(H,34,40). The van der Waals surface area contributed by atoms with Gasteiger partial charge in [-0.15, -0.1) is 23.4 Å². The van der Waals surface area contributed by atoms with Crippen LogP contribution in [-0.4, -0.2) is 46.0 Å². The number of urea groups is 1. The molecule has 10 nitrogen and oxygen atoms in total. The average Bonchev–Trinajstić information content (AvgIpc) is 3.60. The van der Waals surface area contributed by atoms with Gasteiger partial charge < -0.3 is 19.2 Å². The van der Waals surface area contributed by atoms with Gasteiger partial charge in [0, 0.05) is 23.3 Å². The first-order valence-electron chi connectivity index (χ1n) is 13.0. The zero-order valence-corrected chi connectivity index (χ0v) is 24.0. The van der Waals surface area contributed by atoms with Gasteiger partial charge in [-0.2, -0.15) is 4.99 Å². The number of amides is 3. The van der Waals surface area contributed by atoms with Crippen LogP contribution in [0, 0.1) is 12.7 Å². The number of benzene rings is 3. The summed E-state index contributed by atoms with van der Waals surface area (Å²) in [6.45, 7) is 4.48. The SMILES string of the molecule is CCOCc1ccc(C)cc1N1C(=O)CSC1=NC(=O)Nc1ccc(-c2nnc(-c3ccc(OC(F)(F)F)cc3)o2)cc1F. The van der Waals surface area contributed by atoms with Crippen molar-refractivity contribution < 1.29 is 41.0 Å². The van der Waals surface area contributed by atoms with Crippen molar-refractivity contribution in [1.82, 2.24) is 10.2 Å². The van der Waals surface area contributed by atoms with E-state index >= 15 is 0 Å². The topological polar surface area (TPSA) is 119 Å². The molecule has 1 fully saturated rings. The molecule has 3 aromatic carbocycles. The quantitative estimate of drug-likeness (QED) is 0.208. The fourth-order valence-electron chi connectivity index (χ4n) is 4.13. The molecule has 0 radical (unpaired) electrons. The van der Waals surface area contributed by atoms with E-state index in [1.165, 1.54) is 29.2 Å². The molecule has 1 aliphatic rings. The number of anilines is 2. The van der Waals surface area contributed by atoms with E-state index in [9.17, 15) is 27.2 Å². The highest BCUT2D eigenvalue weighted by molar-refractivity contribution is 8.15. The van der Waals surface area contributed by atoms with Crippen LogP contribution in [0.3, 0.4) is 0 Å². The lowest BCUT2D eigenvalue weighted by atomic mass is 10.1. The zero-order chi connectivity index (χ0) is 31.4. The van der Waals surface area contributed by atoms with Gasteiger partial charge in [0.25, 0.3) is 0 Å². The maximum absolute atomic E-state index is 15.0. The fourth-order valence-corrected chi connectivity index (χ4v) is 4.99. The van der Waals surface area contributed by atoms with Gasteiger partial charge in [-0.1, -0.05) is 23.9 Å². The predicted molar refractivity (Wildman–Crippen MR) is 155 cm³/mol. The molecule has 0 aliphatic carbocycles. The van der Waals surface area contributed by atoms with E-state index in [-0.39, 0.29) is 46.5 Å². The highest BCUT2D eigenvalue weighted by Crippen LogP contribution is 2.32. The minimum atomic E-state index is -4.83. The molecular weight excluding hydrogens is 606 g/mol. The Labute approximate surface area is 252 Å². The minimum absolute atomic E-state index is 0.0154. The Hall–Kier alpha value is -4.76. The van der Waals surface area contributed by atoms with Gasteiger partial charge in [0.1, 0.15) is 11.6 Å². The number of amidine groups is 1. The number of nitrogens with one attached hydrogen (secondary N) is 1. The van der Waals surface area contributed by atoms with Crippen LogP contribution in [-0.2, 0) is 16.1 Å². The molecule has 1 aromatic heterocycles. The van der Waals surface area contributed by atoms with Crippen molar-refractivity contribution in [2.24, 2.45) is 4.99 Å². The maximum Gasteiger partial charge on any atom is 0.573 e. The molecule has 15 heteroatoms. The molecule has 2 heterocycles. The van der Waals surface area contributed by atoms with Crippen LogP contribution < -0.4 is 15.0 Å². The molecule has 5 rings (SSSR count). The lowest BCUT2D eigenvalue weighted by Gasteiger charge is -2.20. The van der Waals surface area contributed by atoms with Crippen molar-refractivity contribution in [3.05, 3.63) is 77.6 Å². The summed E-state index contributed by atoms with van der Waals surface area (Å²) in [7, 11) is 0. The van der Waals surface area contributed by atoms with E-state index in [0.29, 0.717) is 17.9 Å². The molecular formula is C29H23F4N5O5S. The number of hydrogen-bond donors (Lipinski definition) is 1. The van der Waals surface area contributed by atoms with E-state index < -0.39 is 24.0 Å². The van der Waals surface area contributed by atoms with Crippen molar-refractivity contribution in [2.45, 2.75) is 26.8 Å². The average molecular weight is 630 g/mol.